The first-order valence-electron chi connectivity index (χ1n) is 9.00. The lowest BCUT2D eigenvalue weighted by atomic mass is 10.1. The number of benzene rings is 3. The van der Waals surface area contributed by atoms with Crippen molar-refractivity contribution in [3.63, 3.8) is 0 Å². The van der Waals surface area contributed by atoms with Crippen molar-refractivity contribution in [2.24, 2.45) is 0 Å². The summed E-state index contributed by atoms with van der Waals surface area (Å²) in [5.41, 5.74) is -3.96. The summed E-state index contributed by atoms with van der Waals surface area (Å²) >= 11 is 1.29. The van der Waals surface area contributed by atoms with Crippen LogP contribution in [0.5, 0.6) is 11.5 Å². The van der Waals surface area contributed by atoms with Crippen LogP contribution in [0.1, 0.15) is 31.8 Å². The molecule has 5 nitrogen and oxygen atoms in total. The van der Waals surface area contributed by atoms with Gasteiger partial charge in [-0.3, -0.25) is 9.59 Å². The van der Waals surface area contributed by atoms with E-state index in [9.17, 15) is 35.9 Å². The second-order valence-corrected chi connectivity index (χ2v) is 7.55. The van der Waals surface area contributed by atoms with Gasteiger partial charge in [0.2, 0.25) is 3.79 Å². The molecule has 0 bridgehead atoms. The molecule has 0 atom stereocenters. The third-order valence-corrected chi connectivity index (χ3v) is 4.94. The summed E-state index contributed by atoms with van der Waals surface area (Å²) in [6.07, 6.45) is -5.16. The highest BCUT2D eigenvalue weighted by atomic mass is 127. The fraction of sp³-hybridized carbons (Fsp3) is 0.0455. The SMILES string of the molecule is N#Cc1cc(F)ccc1Oc1ccc(C(F)(F)F)c(F)c1C(=O)Nc1ccc(F)c(C(=O)I)c1. The second-order valence-electron chi connectivity index (χ2n) is 6.57. The van der Waals surface area contributed by atoms with Gasteiger partial charge < -0.3 is 10.1 Å². The normalized spacial score (nSPS) is 11.0. The molecule has 0 saturated carbocycles. The van der Waals surface area contributed by atoms with E-state index in [1.54, 1.807) is 6.07 Å². The van der Waals surface area contributed by atoms with Crippen LogP contribution >= 0.6 is 22.6 Å². The number of ether oxygens (including phenoxy) is 1. The van der Waals surface area contributed by atoms with Gasteiger partial charge in [-0.15, -0.1) is 0 Å². The van der Waals surface area contributed by atoms with Gasteiger partial charge in [-0.05, 0) is 48.5 Å². The summed E-state index contributed by atoms with van der Waals surface area (Å²) in [7, 11) is 0. The predicted molar refractivity (Wildman–Crippen MR) is 115 cm³/mol. The number of amides is 1. The van der Waals surface area contributed by atoms with Crippen molar-refractivity contribution in [1.82, 2.24) is 0 Å². The molecule has 0 aromatic heterocycles. The zero-order valence-corrected chi connectivity index (χ0v) is 18.6. The molecule has 0 heterocycles. The molecule has 0 aliphatic rings. The molecule has 1 N–H and O–H groups in total. The highest BCUT2D eigenvalue weighted by molar-refractivity contribution is 14.1. The number of hydrogen-bond donors (Lipinski definition) is 1. The maximum atomic E-state index is 14.9. The number of nitrogens with zero attached hydrogens (tertiary/aromatic N) is 1. The van der Waals surface area contributed by atoms with Crippen LogP contribution < -0.4 is 10.1 Å². The topological polar surface area (TPSA) is 79.2 Å². The predicted octanol–water partition coefficient (Wildman–Crippen LogP) is 6.61. The molecule has 3 aromatic carbocycles. The lowest BCUT2D eigenvalue weighted by Crippen LogP contribution is -2.19. The Morgan fingerprint density at radius 3 is 2.26 bits per heavy atom. The summed E-state index contributed by atoms with van der Waals surface area (Å²) in [5, 5.41) is 11.2. The van der Waals surface area contributed by atoms with Crippen LogP contribution in [0.25, 0.3) is 0 Å². The standard InChI is InChI=1S/C22H9F6IN2O3/c23-11-1-5-16(10(7-11)9-30)34-17-6-3-14(22(26,27)28)19(25)18(17)21(33)31-12-2-4-15(24)13(8-12)20(29)32/h1-8H,(H,31,33). The van der Waals surface area contributed by atoms with Gasteiger partial charge in [-0.2, -0.15) is 18.4 Å². The van der Waals surface area contributed by atoms with Crippen molar-refractivity contribution < 1.29 is 40.7 Å². The third kappa shape index (κ3) is 5.30. The van der Waals surface area contributed by atoms with E-state index >= 15 is 0 Å². The summed E-state index contributed by atoms with van der Waals surface area (Å²) in [5.74, 6) is -6.17. The molecule has 1 amide bonds. The van der Waals surface area contributed by atoms with Crippen LogP contribution in [0.4, 0.5) is 32.0 Å². The largest absolute Gasteiger partial charge is 0.455 e. The number of nitrogens with one attached hydrogen (secondary N) is 1. The highest BCUT2D eigenvalue weighted by Gasteiger charge is 2.37. The Hall–Kier alpha value is -3.60. The van der Waals surface area contributed by atoms with E-state index in [2.05, 4.69) is 5.32 Å². The van der Waals surface area contributed by atoms with Crippen LogP contribution in [0.2, 0.25) is 0 Å². The molecule has 12 heteroatoms. The molecule has 0 unspecified atom stereocenters. The van der Waals surface area contributed by atoms with E-state index in [0.717, 1.165) is 36.4 Å². The van der Waals surface area contributed by atoms with E-state index in [0.29, 0.717) is 12.1 Å². The molecular weight excluding hydrogens is 581 g/mol. The van der Waals surface area contributed by atoms with Crippen LogP contribution in [0.3, 0.4) is 0 Å². The highest BCUT2D eigenvalue weighted by Crippen LogP contribution is 2.38. The fourth-order valence-corrected chi connectivity index (χ4v) is 3.23. The van der Waals surface area contributed by atoms with Gasteiger partial charge in [0.15, 0.2) is 5.82 Å². The van der Waals surface area contributed by atoms with Crippen molar-refractivity contribution in [3.05, 3.63) is 88.2 Å². The van der Waals surface area contributed by atoms with Crippen molar-refractivity contribution in [2.75, 3.05) is 5.32 Å². The second kappa shape index (κ2) is 9.72. The van der Waals surface area contributed by atoms with Crippen molar-refractivity contribution in [2.45, 2.75) is 6.18 Å². The molecule has 0 spiro atoms. The number of halogens is 7. The Morgan fingerprint density at radius 1 is 0.971 bits per heavy atom. The molecule has 0 fully saturated rings. The zero-order chi connectivity index (χ0) is 25.2. The Morgan fingerprint density at radius 2 is 1.65 bits per heavy atom. The number of nitriles is 1. The minimum Gasteiger partial charge on any atom is -0.455 e. The van der Waals surface area contributed by atoms with Crippen LogP contribution in [-0.4, -0.2) is 9.70 Å². The Kier molecular flexibility index (Phi) is 7.15. The smallest absolute Gasteiger partial charge is 0.419 e. The summed E-state index contributed by atoms with van der Waals surface area (Å²) in [4.78, 5) is 24.3. The van der Waals surface area contributed by atoms with Gasteiger partial charge in [0.05, 0.1) is 16.7 Å². The maximum absolute atomic E-state index is 14.9. The molecule has 0 aliphatic carbocycles. The molecule has 0 aliphatic heterocycles. The average molecular weight is 590 g/mol. The van der Waals surface area contributed by atoms with E-state index < -0.39 is 55.8 Å². The minimum absolute atomic E-state index is 0.214. The summed E-state index contributed by atoms with van der Waals surface area (Å²) in [6, 6.07) is 8.00. The number of carbonyl (C=O) groups excluding carboxylic acids is 2. The van der Waals surface area contributed by atoms with Crippen LogP contribution in [-0.2, 0) is 6.18 Å². The van der Waals surface area contributed by atoms with Gasteiger partial charge >= 0.3 is 6.18 Å². The van der Waals surface area contributed by atoms with Crippen LogP contribution in [0.15, 0.2) is 48.5 Å². The van der Waals surface area contributed by atoms with Crippen LogP contribution in [0, 0.1) is 28.8 Å². The van der Waals surface area contributed by atoms with Crippen molar-refractivity contribution in [3.8, 4) is 17.6 Å². The van der Waals surface area contributed by atoms with Gasteiger partial charge in [-0.1, -0.05) is 0 Å². The minimum atomic E-state index is -5.16. The third-order valence-electron chi connectivity index (χ3n) is 4.35. The molecule has 3 rings (SSSR count). The van der Waals surface area contributed by atoms with Gasteiger partial charge in [0.25, 0.3) is 5.91 Å². The van der Waals surface area contributed by atoms with E-state index in [1.165, 1.54) is 22.6 Å². The average Bonchev–Trinajstić information content (AvgIpc) is 2.75. The summed E-state index contributed by atoms with van der Waals surface area (Å²) < 4.78 is 86.4. The lowest BCUT2D eigenvalue weighted by Gasteiger charge is -2.16. The Balaban J connectivity index is 2.10. The molecule has 3 aromatic rings. The first-order chi connectivity index (χ1) is 15.9. The number of anilines is 1. The van der Waals surface area contributed by atoms with Gasteiger partial charge in [0.1, 0.15) is 34.8 Å². The number of hydrogen-bond acceptors (Lipinski definition) is 4. The Labute approximate surface area is 201 Å². The van der Waals surface area contributed by atoms with Crippen molar-refractivity contribution in [1.29, 1.82) is 5.26 Å². The summed E-state index contributed by atoms with van der Waals surface area (Å²) in [6.45, 7) is 0. The van der Waals surface area contributed by atoms with Crippen molar-refractivity contribution >= 4 is 38.0 Å². The molecule has 34 heavy (non-hydrogen) atoms. The monoisotopic (exact) mass is 590 g/mol. The molecular formula is C22H9F6IN2O3. The quantitative estimate of drug-likeness (QED) is 0.206. The zero-order valence-electron chi connectivity index (χ0n) is 16.4. The molecule has 0 radical (unpaired) electrons. The lowest BCUT2D eigenvalue weighted by molar-refractivity contribution is -0.140. The maximum Gasteiger partial charge on any atom is 0.419 e. The molecule has 174 valence electrons. The first-order valence-corrected chi connectivity index (χ1v) is 10.1. The molecule has 0 saturated heterocycles. The van der Waals surface area contributed by atoms with E-state index in [4.69, 9.17) is 10.00 Å². The fourth-order valence-electron chi connectivity index (χ4n) is 2.82. The van der Waals surface area contributed by atoms with Gasteiger partial charge in [-0.25, -0.2) is 13.2 Å². The number of rotatable bonds is 5. The first kappa shape index (κ1) is 25.0. The Bertz CT molecular complexity index is 1350. The van der Waals surface area contributed by atoms with Gasteiger partial charge in [0, 0.05) is 28.3 Å². The number of alkyl halides is 3. The van der Waals surface area contributed by atoms with E-state index in [1.807, 2.05) is 0 Å². The number of carbonyl (C=O) groups is 2. The van der Waals surface area contributed by atoms with E-state index in [-0.39, 0.29) is 17.0 Å².